The Balaban J connectivity index is 1.79. The molecule has 2 heterocycles. The van der Waals surface area contributed by atoms with Gasteiger partial charge in [0.15, 0.2) is 0 Å². The summed E-state index contributed by atoms with van der Waals surface area (Å²) in [5, 5.41) is 0. The van der Waals surface area contributed by atoms with Crippen molar-refractivity contribution in [1.29, 1.82) is 0 Å². The van der Waals surface area contributed by atoms with Crippen molar-refractivity contribution in [2.24, 2.45) is 11.8 Å². The number of carbonyl (C=O) groups is 2. The molecule has 1 aromatic carbocycles. The summed E-state index contributed by atoms with van der Waals surface area (Å²) in [6.45, 7) is 5.29. The average molecular weight is 350 g/mol. The molecule has 1 aromatic rings. The highest BCUT2D eigenvalue weighted by molar-refractivity contribution is 7.94. The van der Waals surface area contributed by atoms with Crippen molar-refractivity contribution in [3.8, 4) is 0 Å². The predicted octanol–water partition coefficient (Wildman–Crippen LogP) is 1.87. The topological polar surface area (TPSA) is 74.8 Å². The van der Waals surface area contributed by atoms with E-state index in [9.17, 15) is 18.0 Å². The minimum absolute atomic E-state index is 0.0441. The molecule has 2 aliphatic rings. The summed E-state index contributed by atoms with van der Waals surface area (Å²) in [7, 11) is -3.61. The average Bonchev–Trinajstić information content (AvgIpc) is 2.75. The van der Waals surface area contributed by atoms with E-state index in [1.54, 1.807) is 19.1 Å². The molecule has 0 N–H and O–H groups in total. The molecule has 2 amide bonds. The van der Waals surface area contributed by atoms with Gasteiger partial charge in [0.2, 0.25) is 15.9 Å². The molecule has 6 nitrogen and oxygen atoms in total. The van der Waals surface area contributed by atoms with Gasteiger partial charge in [-0.1, -0.05) is 13.8 Å². The fraction of sp³-hybridized carbons (Fsp3) is 0.529. The highest BCUT2D eigenvalue weighted by Crippen LogP contribution is 2.28. The first kappa shape index (κ1) is 17.0. The molecular formula is C17H22N2O4S. The third-order valence-electron chi connectivity index (χ3n) is 4.78. The highest BCUT2D eigenvalue weighted by Gasteiger charge is 2.41. The molecule has 7 heteroatoms. The normalized spacial score (nSPS) is 24.4. The summed E-state index contributed by atoms with van der Waals surface area (Å²) in [5.41, 5.74) is 0.818. The lowest BCUT2D eigenvalue weighted by molar-refractivity contribution is -0.119. The zero-order valence-corrected chi connectivity index (χ0v) is 14.8. The van der Waals surface area contributed by atoms with E-state index in [0.717, 1.165) is 30.2 Å². The second kappa shape index (κ2) is 6.20. The van der Waals surface area contributed by atoms with Crippen molar-refractivity contribution < 1.29 is 18.0 Å². The van der Waals surface area contributed by atoms with Crippen LogP contribution in [0.5, 0.6) is 0 Å². The maximum Gasteiger partial charge on any atom is 0.253 e. The van der Waals surface area contributed by atoms with Gasteiger partial charge in [-0.3, -0.25) is 9.59 Å². The van der Waals surface area contributed by atoms with E-state index in [1.165, 1.54) is 12.1 Å². The number of hydrogen-bond donors (Lipinski definition) is 0. The number of sulfonamides is 1. The van der Waals surface area contributed by atoms with Crippen LogP contribution < -0.4 is 4.31 Å². The number of rotatable bonds is 2. The quantitative estimate of drug-likeness (QED) is 0.816. The number of piperidine rings is 1. The van der Waals surface area contributed by atoms with Gasteiger partial charge in [0, 0.05) is 18.7 Å². The van der Waals surface area contributed by atoms with Gasteiger partial charge in [-0.05, 0) is 43.0 Å². The van der Waals surface area contributed by atoms with Gasteiger partial charge >= 0.3 is 0 Å². The summed E-state index contributed by atoms with van der Waals surface area (Å²) >= 11 is 0. The fourth-order valence-electron chi connectivity index (χ4n) is 3.22. The van der Waals surface area contributed by atoms with E-state index in [1.807, 2.05) is 4.90 Å². The van der Waals surface area contributed by atoms with Crippen LogP contribution >= 0.6 is 0 Å². The van der Waals surface area contributed by atoms with Gasteiger partial charge in [-0.15, -0.1) is 0 Å². The Morgan fingerprint density at radius 2 is 1.67 bits per heavy atom. The first-order chi connectivity index (χ1) is 11.3. The highest BCUT2D eigenvalue weighted by atomic mass is 32.2. The number of nitrogens with zero attached hydrogens (tertiary/aromatic N) is 2. The maximum atomic E-state index is 12.5. The second-order valence-corrected chi connectivity index (χ2v) is 8.67. The molecule has 3 rings (SSSR count). The Morgan fingerprint density at radius 1 is 1.08 bits per heavy atom. The largest absolute Gasteiger partial charge is 0.339 e. The number of likely N-dealkylation sites (tertiary alicyclic amines) is 1. The van der Waals surface area contributed by atoms with Crippen LogP contribution in [0, 0.1) is 11.8 Å². The molecule has 2 fully saturated rings. The number of hydrogen-bond acceptors (Lipinski definition) is 4. The SMILES string of the molecule is CC1CCN(C(=O)c2ccc(N3C(=O)C(C)CS3(=O)=O)cc2)CC1. The molecule has 0 aromatic heterocycles. The number of amides is 2. The first-order valence-corrected chi connectivity index (χ1v) is 9.86. The molecule has 2 saturated heterocycles. The summed E-state index contributed by atoms with van der Waals surface area (Å²) < 4.78 is 25.1. The van der Waals surface area contributed by atoms with Crippen molar-refractivity contribution in [1.82, 2.24) is 4.90 Å². The van der Waals surface area contributed by atoms with Crippen LogP contribution in [0.4, 0.5) is 5.69 Å². The molecule has 2 aliphatic heterocycles. The monoisotopic (exact) mass is 350 g/mol. The van der Waals surface area contributed by atoms with Crippen LogP contribution in [0.1, 0.15) is 37.0 Å². The second-order valence-electron chi connectivity index (χ2n) is 6.80. The molecule has 0 saturated carbocycles. The van der Waals surface area contributed by atoms with Crippen LogP contribution in [0.3, 0.4) is 0 Å². The van der Waals surface area contributed by atoms with E-state index in [-0.39, 0.29) is 11.7 Å². The minimum atomic E-state index is -3.61. The van der Waals surface area contributed by atoms with Crippen LogP contribution in [0.25, 0.3) is 0 Å². The van der Waals surface area contributed by atoms with Crippen LogP contribution in [0.2, 0.25) is 0 Å². The van der Waals surface area contributed by atoms with E-state index in [2.05, 4.69) is 6.92 Å². The van der Waals surface area contributed by atoms with E-state index in [4.69, 9.17) is 0 Å². The number of anilines is 1. The van der Waals surface area contributed by atoms with Crippen molar-refractivity contribution >= 4 is 27.5 Å². The van der Waals surface area contributed by atoms with Crippen LogP contribution in [-0.4, -0.2) is 44.0 Å². The molecule has 0 radical (unpaired) electrons. The Kier molecular flexibility index (Phi) is 4.38. The van der Waals surface area contributed by atoms with Crippen LogP contribution in [-0.2, 0) is 14.8 Å². The summed E-state index contributed by atoms with van der Waals surface area (Å²) in [6.07, 6.45) is 2.00. The fourth-order valence-corrected chi connectivity index (χ4v) is 5.04. The molecular weight excluding hydrogens is 328 g/mol. The molecule has 130 valence electrons. The molecule has 24 heavy (non-hydrogen) atoms. The zero-order valence-electron chi connectivity index (χ0n) is 13.9. The van der Waals surface area contributed by atoms with Gasteiger partial charge in [-0.25, -0.2) is 12.7 Å². The zero-order chi connectivity index (χ0) is 17.5. The third-order valence-corrected chi connectivity index (χ3v) is 6.65. The Bertz CT molecular complexity index is 749. The summed E-state index contributed by atoms with van der Waals surface area (Å²) in [6, 6.07) is 6.27. The van der Waals surface area contributed by atoms with E-state index < -0.39 is 21.8 Å². The third kappa shape index (κ3) is 3.05. The maximum absolute atomic E-state index is 12.5. The molecule has 0 aliphatic carbocycles. The number of carbonyl (C=O) groups excluding carboxylic acids is 2. The molecule has 0 bridgehead atoms. The summed E-state index contributed by atoms with van der Waals surface area (Å²) in [5.74, 6) is -0.522. The Labute approximate surface area is 142 Å². The van der Waals surface area contributed by atoms with E-state index >= 15 is 0 Å². The molecule has 1 atom stereocenters. The van der Waals surface area contributed by atoms with Gasteiger partial charge in [0.25, 0.3) is 5.91 Å². The Morgan fingerprint density at radius 3 is 2.17 bits per heavy atom. The van der Waals surface area contributed by atoms with Gasteiger partial charge in [0.1, 0.15) is 0 Å². The van der Waals surface area contributed by atoms with E-state index in [0.29, 0.717) is 17.2 Å². The van der Waals surface area contributed by atoms with Crippen molar-refractivity contribution in [3.63, 3.8) is 0 Å². The standard InChI is InChI=1S/C17H22N2O4S/c1-12-7-9-18(10-8-12)17(21)14-3-5-15(6-4-14)19-16(20)13(2)11-24(19,22)23/h3-6,12-13H,7-11H2,1-2H3. The lowest BCUT2D eigenvalue weighted by Crippen LogP contribution is -2.38. The summed E-state index contributed by atoms with van der Waals surface area (Å²) in [4.78, 5) is 26.4. The lowest BCUT2D eigenvalue weighted by atomic mass is 9.98. The minimum Gasteiger partial charge on any atom is -0.339 e. The smallest absolute Gasteiger partial charge is 0.253 e. The van der Waals surface area contributed by atoms with Crippen molar-refractivity contribution in [2.45, 2.75) is 26.7 Å². The van der Waals surface area contributed by atoms with Crippen molar-refractivity contribution in [3.05, 3.63) is 29.8 Å². The number of benzene rings is 1. The van der Waals surface area contributed by atoms with Crippen LogP contribution in [0.15, 0.2) is 24.3 Å². The molecule has 0 spiro atoms. The van der Waals surface area contributed by atoms with Gasteiger partial charge < -0.3 is 4.90 Å². The predicted molar refractivity (Wildman–Crippen MR) is 91.2 cm³/mol. The Hall–Kier alpha value is -1.89. The van der Waals surface area contributed by atoms with Gasteiger partial charge in [-0.2, -0.15) is 0 Å². The molecule has 1 unspecified atom stereocenters. The van der Waals surface area contributed by atoms with Crippen molar-refractivity contribution in [2.75, 3.05) is 23.1 Å². The lowest BCUT2D eigenvalue weighted by Gasteiger charge is -2.30. The first-order valence-electron chi connectivity index (χ1n) is 8.26. The van der Waals surface area contributed by atoms with Gasteiger partial charge in [0.05, 0.1) is 17.4 Å².